The smallest absolute Gasteiger partial charge is 0.127 e. The quantitative estimate of drug-likeness (QED) is 0.359. The molecule has 1 aromatic rings. The molecule has 0 saturated heterocycles. The van der Waals surface area contributed by atoms with Crippen LogP contribution in [0.15, 0.2) is 70.4 Å². The van der Waals surface area contributed by atoms with Crippen LogP contribution in [0.5, 0.6) is 5.75 Å². The molecule has 0 atom stereocenters. The van der Waals surface area contributed by atoms with Gasteiger partial charge in [0, 0.05) is 31.4 Å². The largest absolute Gasteiger partial charge is 0.462 e. The lowest BCUT2D eigenvalue weighted by Crippen LogP contribution is -2.15. The molecule has 4 N–H and O–H groups in total. The van der Waals surface area contributed by atoms with Crippen molar-refractivity contribution in [2.24, 2.45) is 15.8 Å². The molecule has 0 heterocycles. The van der Waals surface area contributed by atoms with Crippen molar-refractivity contribution in [1.29, 1.82) is 0 Å². The molecule has 0 fully saturated rings. The van der Waals surface area contributed by atoms with Gasteiger partial charge >= 0.3 is 0 Å². The van der Waals surface area contributed by atoms with Gasteiger partial charge in [-0.25, -0.2) is 0 Å². The highest BCUT2D eigenvalue weighted by molar-refractivity contribution is 5.72. The van der Waals surface area contributed by atoms with Crippen molar-refractivity contribution in [3.05, 3.63) is 60.3 Å². The van der Waals surface area contributed by atoms with Crippen LogP contribution in [0.3, 0.4) is 0 Å². The highest BCUT2D eigenvalue weighted by Crippen LogP contribution is 2.17. The van der Waals surface area contributed by atoms with Crippen LogP contribution in [-0.2, 0) is 0 Å². The van der Waals surface area contributed by atoms with Gasteiger partial charge in [-0.3, -0.25) is 10.4 Å². The van der Waals surface area contributed by atoms with Gasteiger partial charge in [0.25, 0.3) is 0 Å². The van der Waals surface area contributed by atoms with Gasteiger partial charge in [-0.2, -0.15) is 5.10 Å². The predicted molar refractivity (Wildman–Crippen MR) is 109 cm³/mol. The maximum Gasteiger partial charge on any atom is 0.127 e. The van der Waals surface area contributed by atoms with E-state index in [4.69, 9.17) is 10.5 Å². The summed E-state index contributed by atoms with van der Waals surface area (Å²) < 4.78 is 5.68. The van der Waals surface area contributed by atoms with E-state index in [1.807, 2.05) is 58.0 Å². The number of hydrazone groups is 1. The van der Waals surface area contributed by atoms with Crippen LogP contribution in [0.4, 0.5) is 5.69 Å². The highest BCUT2D eigenvalue weighted by Gasteiger charge is 1.96. The van der Waals surface area contributed by atoms with E-state index in [-0.39, 0.29) is 0 Å². The second-order valence-corrected chi connectivity index (χ2v) is 4.49. The van der Waals surface area contributed by atoms with Crippen LogP contribution >= 0.6 is 0 Å². The normalized spacial score (nSPS) is 11.8. The summed E-state index contributed by atoms with van der Waals surface area (Å²) in [6, 6.07) is 7.64. The molecule has 6 nitrogen and oxygen atoms in total. The van der Waals surface area contributed by atoms with Crippen LogP contribution in [0.2, 0.25) is 0 Å². The average Bonchev–Trinajstić information content (AvgIpc) is 2.62. The van der Waals surface area contributed by atoms with E-state index in [1.165, 1.54) is 0 Å². The summed E-state index contributed by atoms with van der Waals surface area (Å²) in [6.07, 6.45) is 8.84. The van der Waals surface area contributed by atoms with Crippen LogP contribution in [0.1, 0.15) is 27.7 Å². The van der Waals surface area contributed by atoms with E-state index in [2.05, 4.69) is 27.6 Å². The molecule has 0 bridgehead atoms. The number of anilines is 1. The fourth-order valence-electron chi connectivity index (χ4n) is 1.56. The summed E-state index contributed by atoms with van der Waals surface area (Å²) in [4.78, 5) is 4.04. The molecule has 0 saturated carbocycles. The molecule has 0 radical (unpaired) electrons. The number of hydrogen-bond acceptors (Lipinski definition) is 6. The maximum atomic E-state index is 5.68. The Morgan fingerprint density at radius 1 is 1.28 bits per heavy atom. The molecule has 0 aliphatic rings. The minimum Gasteiger partial charge on any atom is -0.462 e. The van der Waals surface area contributed by atoms with Gasteiger partial charge in [0.1, 0.15) is 17.3 Å². The third kappa shape index (κ3) is 11.2. The Hall–Kier alpha value is -3.02. The summed E-state index contributed by atoms with van der Waals surface area (Å²) in [7, 11) is 0. The minimum atomic E-state index is 0.452. The Kier molecular flexibility index (Phi) is 12.8. The summed E-state index contributed by atoms with van der Waals surface area (Å²) in [5.41, 5.74) is 9.14. The lowest BCUT2D eigenvalue weighted by atomic mass is 10.3. The summed E-state index contributed by atoms with van der Waals surface area (Å²) in [6.45, 7) is 11.7. The number of aliphatic imine (C=N–C) groups is 1. The number of benzene rings is 1. The van der Waals surface area contributed by atoms with E-state index < -0.39 is 0 Å². The Morgan fingerprint density at radius 3 is 2.56 bits per heavy atom. The lowest BCUT2D eigenvalue weighted by molar-refractivity contribution is 0.429. The molecule has 0 amide bonds. The molecule has 0 aliphatic carbocycles. The standard InChI is InChI=1S/C17H23N5O.C2H6/c1-4-11-20-12-9-14(2)23-16-7-5-15(6-8-16)21-13-10-17(18)22-19-3;1-2/h4-12,21-22H,3,13,18H2,1-2H3;1-2H3/b11-4-,14-9+,17-10-,20-12-;. The first kappa shape index (κ1) is 22.0. The first-order valence-electron chi connectivity index (χ1n) is 8.16. The van der Waals surface area contributed by atoms with Crippen molar-refractivity contribution in [2.75, 3.05) is 11.9 Å². The number of hydrogen-bond donors (Lipinski definition) is 3. The fraction of sp³-hybridized carbons (Fsp3) is 0.263. The fourth-order valence-corrected chi connectivity index (χ4v) is 1.56. The SMILES string of the molecule is C=NN/C(N)=C\CNc1ccc(O/C(C)=C/C=N\C=C/C)cc1.CC. The van der Waals surface area contributed by atoms with Gasteiger partial charge in [-0.15, -0.1) is 0 Å². The molecule has 1 rings (SSSR count). The molecule has 0 aliphatic heterocycles. The Bertz CT molecular complexity index is 601. The van der Waals surface area contributed by atoms with Crippen molar-refractivity contribution < 1.29 is 4.74 Å². The minimum absolute atomic E-state index is 0.452. The third-order valence-corrected chi connectivity index (χ3v) is 2.60. The molecule has 25 heavy (non-hydrogen) atoms. The first-order chi connectivity index (χ1) is 12.2. The second kappa shape index (κ2) is 14.6. The van der Waals surface area contributed by atoms with E-state index >= 15 is 0 Å². The predicted octanol–water partition coefficient (Wildman–Crippen LogP) is 4.02. The van der Waals surface area contributed by atoms with Gasteiger partial charge in [0.05, 0.1) is 0 Å². The zero-order valence-corrected chi connectivity index (χ0v) is 15.5. The van der Waals surface area contributed by atoms with E-state index in [1.54, 1.807) is 24.6 Å². The summed E-state index contributed by atoms with van der Waals surface area (Å²) >= 11 is 0. The number of nitrogens with two attached hydrogens (primary N) is 1. The molecular formula is C19H29N5O. The maximum absolute atomic E-state index is 5.68. The molecule has 136 valence electrons. The van der Waals surface area contributed by atoms with Gasteiger partial charge in [-0.05, 0) is 50.3 Å². The Morgan fingerprint density at radius 2 is 1.96 bits per heavy atom. The second-order valence-electron chi connectivity index (χ2n) is 4.49. The molecule has 0 spiro atoms. The molecular weight excluding hydrogens is 314 g/mol. The van der Waals surface area contributed by atoms with Crippen molar-refractivity contribution in [2.45, 2.75) is 27.7 Å². The summed E-state index contributed by atoms with van der Waals surface area (Å²) in [5.74, 6) is 1.97. The van der Waals surface area contributed by atoms with Crippen molar-refractivity contribution in [3.63, 3.8) is 0 Å². The number of nitrogens with one attached hydrogen (secondary N) is 2. The van der Waals surface area contributed by atoms with Gasteiger partial charge in [-0.1, -0.05) is 19.9 Å². The monoisotopic (exact) mass is 343 g/mol. The third-order valence-electron chi connectivity index (χ3n) is 2.60. The van der Waals surface area contributed by atoms with E-state index in [9.17, 15) is 0 Å². The van der Waals surface area contributed by atoms with Crippen LogP contribution in [0, 0.1) is 0 Å². The van der Waals surface area contributed by atoms with Gasteiger partial charge < -0.3 is 15.8 Å². The van der Waals surface area contributed by atoms with E-state index in [0.717, 1.165) is 17.2 Å². The topological polar surface area (TPSA) is 84.0 Å². The van der Waals surface area contributed by atoms with Crippen LogP contribution in [0.25, 0.3) is 0 Å². The average molecular weight is 343 g/mol. The lowest BCUT2D eigenvalue weighted by Gasteiger charge is -2.08. The first-order valence-corrected chi connectivity index (χ1v) is 8.16. The van der Waals surface area contributed by atoms with Crippen molar-refractivity contribution >= 4 is 18.6 Å². The van der Waals surface area contributed by atoms with Gasteiger partial charge in [0.2, 0.25) is 0 Å². The molecule has 0 aromatic heterocycles. The summed E-state index contributed by atoms with van der Waals surface area (Å²) in [5, 5.41) is 6.68. The van der Waals surface area contributed by atoms with E-state index in [0.29, 0.717) is 12.4 Å². The number of allylic oxidation sites excluding steroid dienone is 3. The van der Waals surface area contributed by atoms with Crippen molar-refractivity contribution in [3.8, 4) is 5.75 Å². The number of rotatable bonds is 9. The van der Waals surface area contributed by atoms with Crippen LogP contribution < -0.4 is 21.2 Å². The van der Waals surface area contributed by atoms with Crippen LogP contribution in [-0.4, -0.2) is 19.5 Å². The number of nitrogens with zero attached hydrogens (tertiary/aromatic N) is 2. The highest BCUT2D eigenvalue weighted by atomic mass is 16.5. The zero-order valence-electron chi connectivity index (χ0n) is 15.5. The molecule has 6 heteroatoms. The Labute approximate surface area is 150 Å². The van der Waals surface area contributed by atoms with Gasteiger partial charge in [0.15, 0.2) is 0 Å². The Balaban J connectivity index is 0.00000277. The molecule has 1 aromatic carbocycles. The number of ether oxygens (including phenoxy) is 1. The zero-order chi connectivity index (χ0) is 18.9. The molecule has 0 unspecified atom stereocenters. The van der Waals surface area contributed by atoms with Crippen molar-refractivity contribution in [1.82, 2.24) is 5.43 Å².